The molecule has 0 radical (unpaired) electrons. The molecule has 0 aliphatic carbocycles. The van der Waals surface area contributed by atoms with Gasteiger partial charge >= 0.3 is 0 Å². The van der Waals surface area contributed by atoms with Crippen molar-refractivity contribution in [1.82, 2.24) is 9.97 Å². The summed E-state index contributed by atoms with van der Waals surface area (Å²) in [6, 6.07) is 11.9. The average molecular weight is 399 g/mol. The molecular formula is C21H20ClFN4O. The van der Waals surface area contributed by atoms with Gasteiger partial charge in [0.05, 0.1) is 10.6 Å². The summed E-state index contributed by atoms with van der Waals surface area (Å²) in [4.78, 5) is 20.6. The predicted molar refractivity (Wildman–Crippen MR) is 110 cm³/mol. The van der Waals surface area contributed by atoms with Gasteiger partial charge in [0.25, 0.3) is 5.91 Å². The minimum Gasteiger partial charge on any atom is -0.324 e. The van der Waals surface area contributed by atoms with E-state index in [4.69, 9.17) is 11.6 Å². The smallest absolute Gasteiger partial charge is 0.258 e. The first kappa shape index (κ1) is 19.8. The zero-order valence-electron chi connectivity index (χ0n) is 15.8. The molecule has 0 aliphatic rings. The lowest BCUT2D eigenvalue weighted by Crippen LogP contribution is -2.14. The van der Waals surface area contributed by atoms with E-state index in [0.29, 0.717) is 16.9 Å². The molecule has 0 saturated heterocycles. The monoisotopic (exact) mass is 398 g/mol. The summed E-state index contributed by atoms with van der Waals surface area (Å²) in [5.41, 5.74) is 2.80. The van der Waals surface area contributed by atoms with Crippen LogP contribution < -0.4 is 10.6 Å². The van der Waals surface area contributed by atoms with E-state index in [1.165, 1.54) is 36.2 Å². The number of aromatic nitrogens is 2. The Morgan fingerprint density at radius 1 is 1.00 bits per heavy atom. The molecule has 28 heavy (non-hydrogen) atoms. The second kappa shape index (κ2) is 7.94. The quantitative estimate of drug-likeness (QED) is 0.603. The number of anilines is 3. The molecule has 0 saturated carbocycles. The largest absolute Gasteiger partial charge is 0.324 e. The summed E-state index contributed by atoms with van der Waals surface area (Å²) in [6.45, 7) is 6.40. The van der Waals surface area contributed by atoms with Crippen molar-refractivity contribution in [3.63, 3.8) is 0 Å². The van der Waals surface area contributed by atoms with Gasteiger partial charge in [-0.3, -0.25) is 4.79 Å². The molecule has 0 spiro atoms. The van der Waals surface area contributed by atoms with Crippen molar-refractivity contribution in [2.24, 2.45) is 0 Å². The summed E-state index contributed by atoms with van der Waals surface area (Å²) in [5, 5.41) is 5.72. The molecule has 0 bridgehead atoms. The van der Waals surface area contributed by atoms with E-state index in [2.05, 4.69) is 41.4 Å². The molecule has 1 aromatic heterocycles. The van der Waals surface area contributed by atoms with Gasteiger partial charge in [-0.2, -0.15) is 0 Å². The Bertz CT molecular complexity index is 983. The van der Waals surface area contributed by atoms with Crippen molar-refractivity contribution in [1.29, 1.82) is 0 Å². The van der Waals surface area contributed by atoms with Crippen LogP contribution in [0.3, 0.4) is 0 Å². The van der Waals surface area contributed by atoms with Crippen molar-refractivity contribution in [2.75, 3.05) is 10.6 Å². The predicted octanol–water partition coefficient (Wildman–Crippen LogP) is 5.56. The highest BCUT2D eigenvalue weighted by Crippen LogP contribution is 2.24. The molecule has 0 aliphatic heterocycles. The third-order valence-electron chi connectivity index (χ3n) is 4.10. The third-order valence-corrected chi connectivity index (χ3v) is 4.39. The van der Waals surface area contributed by atoms with E-state index in [9.17, 15) is 9.18 Å². The summed E-state index contributed by atoms with van der Waals surface area (Å²) < 4.78 is 13.2. The zero-order valence-corrected chi connectivity index (χ0v) is 16.5. The zero-order chi connectivity index (χ0) is 20.3. The van der Waals surface area contributed by atoms with Gasteiger partial charge in [-0.05, 0) is 41.3 Å². The molecule has 0 unspecified atom stereocenters. The standard InChI is InChI=1S/C21H20ClFN4O/c1-21(2,3)14-4-6-15(7-5-14)26-19(28)13-11-24-20(25-12-13)27-16-8-9-18(23)17(22)10-16/h4-12H,1-3H3,(H,26,28)(H,24,25,27). The van der Waals surface area contributed by atoms with Crippen molar-refractivity contribution in [2.45, 2.75) is 26.2 Å². The Morgan fingerprint density at radius 3 is 2.18 bits per heavy atom. The molecule has 0 atom stereocenters. The maximum Gasteiger partial charge on any atom is 0.258 e. The number of carbonyl (C=O) groups excluding carboxylic acids is 1. The highest BCUT2D eigenvalue weighted by Gasteiger charge is 2.14. The van der Waals surface area contributed by atoms with Gasteiger partial charge in [0.1, 0.15) is 5.82 Å². The van der Waals surface area contributed by atoms with Crippen LogP contribution in [0.2, 0.25) is 5.02 Å². The van der Waals surface area contributed by atoms with Crippen LogP contribution in [0.4, 0.5) is 21.7 Å². The normalized spacial score (nSPS) is 11.2. The maximum absolute atomic E-state index is 13.2. The van der Waals surface area contributed by atoms with Crippen molar-refractivity contribution in [3.8, 4) is 0 Å². The maximum atomic E-state index is 13.2. The molecule has 2 N–H and O–H groups in total. The molecule has 7 heteroatoms. The van der Waals surface area contributed by atoms with Crippen LogP contribution in [0.25, 0.3) is 0 Å². The molecule has 1 heterocycles. The number of nitrogens with one attached hydrogen (secondary N) is 2. The average Bonchev–Trinajstić information content (AvgIpc) is 2.65. The highest BCUT2D eigenvalue weighted by molar-refractivity contribution is 6.31. The van der Waals surface area contributed by atoms with Crippen LogP contribution in [-0.2, 0) is 5.41 Å². The number of rotatable bonds is 4. The second-order valence-electron chi connectivity index (χ2n) is 7.33. The van der Waals surface area contributed by atoms with Crippen LogP contribution in [0.5, 0.6) is 0 Å². The molecule has 3 aromatic rings. The van der Waals surface area contributed by atoms with Gasteiger partial charge in [-0.1, -0.05) is 44.5 Å². The van der Waals surface area contributed by atoms with E-state index < -0.39 is 5.82 Å². The van der Waals surface area contributed by atoms with Gasteiger partial charge in [0, 0.05) is 23.8 Å². The van der Waals surface area contributed by atoms with Crippen molar-refractivity contribution in [3.05, 3.63) is 76.8 Å². The molecule has 144 valence electrons. The summed E-state index contributed by atoms with van der Waals surface area (Å²) in [6.07, 6.45) is 2.83. The van der Waals surface area contributed by atoms with Gasteiger partial charge < -0.3 is 10.6 Å². The molecule has 2 aromatic carbocycles. The van der Waals surface area contributed by atoms with E-state index in [0.717, 1.165) is 0 Å². The van der Waals surface area contributed by atoms with E-state index in [1.54, 1.807) is 0 Å². The Kier molecular flexibility index (Phi) is 5.61. The number of hydrogen-bond acceptors (Lipinski definition) is 4. The van der Waals surface area contributed by atoms with Crippen LogP contribution >= 0.6 is 11.6 Å². The first-order valence-electron chi connectivity index (χ1n) is 8.68. The second-order valence-corrected chi connectivity index (χ2v) is 7.74. The van der Waals surface area contributed by atoms with E-state index in [1.807, 2.05) is 24.3 Å². The number of halogens is 2. The van der Waals surface area contributed by atoms with Gasteiger partial charge in [0.2, 0.25) is 5.95 Å². The fourth-order valence-electron chi connectivity index (χ4n) is 2.47. The minimum atomic E-state index is -0.504. The van der Waals surface area contributed by atoms with Gasteiger partial charge in [0.15, 0.2) is 0 Å². The Hall–Kier alpha value is -2.99. The van der Waals surface area contributed by atoms with E-state index in [-0.39, 0.29) is 22.3 Å². The van der Waals surface area contributed by atoms with Crippen molar-refractivity contribution >= 4 is 34.8 Å². The summed E-state index contributed by atoms with van der Waals surface area (Å²) in [7, 11) is 0. The summed E-state index contributed by atoms with van der Waals surface area (Å²) in [5.74, 6) is -0.538. The lowest BCUT2D eigenvalue weighted by molar-refractivity contribution is 0.102. The molecule has 1 amide bonds. The lowest BCUT2D eigenvalue weighted by atomic mass is 9.87. The number of amides is 1. The number of nitrogens with zero attached hydrogens (tertiary/aromatic N) is 2. The fraction of sp³-hybridized carbons (Fsp3) is 0.190. The first-order chi connectivity index (χ1) is 13.2. The van der Waals surface area contributed by atoms with Crippen LogP contribution in [0, 0.1) is 5.82 Å². The van der Waals surface area contributed by atoms with Crippen LogP contribution in [0.15, 0.2) is 54.9 Å². The lowest BCUT2D eigenvalue weighted by Gasteiger charge is -2.19. The Balaban J connectivity index is 1.65. The van der Waals surface area contributed by atoms with Gasteiger partial charge in [-0.25, -0.2) is 14.4 Å². The number of hydrogen-bond donors (Lipinski definition) is 2. The highest BCUT2D eigenvalue weighted by atomic mass is 35.5. The number of benzene rings is 2. The van der Waals surface area contributed by atoms with Crippen LogP contribution in [0.1, 0.15) is 36.7 Å². The third kappa shape index (κ3) is 4.84. The molecule has 3 rings (SSSR count). The Morgan fingerprint density at radius 2 is 1.61 bits per heavy atom. The topological polar surface area (TPSA) is 66.9 Å². The SMILES string of the molecule is CC(C)(C)c1ccc(NC(=O)c2cnc(Nc3ccc(F)c(Cl)c3)nc2)cc1. The van der Waals surface area contributed by atoms with E-state index >= 15 is 0 Å². The number of carbonyl (C=O) groups is 1. The molecule has 5 nitrogen and oxygen atoms in total. The minimum absolute atomic E-state index is 0.00141. The van der Waals surface area contributed by atoms with Crippen molar-refractivity contribution < 1.29 is 9.18 Å². The molecule has 0 fully saturated rings. The molecular weight excluding hydrogens is 379 g/mol. The Labute approximate surface area is 168 Å². The first-order valence-corrected chi connectivity index (χ1v) is 9.06. The fourth-order valence-corrected chi connectivity index (χ4v) is 2.65. The van der Waals surface area contributed by atoms with Crippen LogP contribution in [-0.4, -0.2) is 15.9 Å². The van der Waals surface area contributed by atoms with Gasteiger partial charge in [-0.15, -0.1) is 0 Å². The summed E-state index contributed by atoms with van der Waals surface area (Å²) >= 11 is 5.75.